The van der Waals surface area contributed by atoms with Gasteiger partial charge in [-0.25, -0.2) is 0 Å². The third-order valence-electron chi connectivity index (χ3n) is 3.38. The lowest BCUT2D eigenvalue weighted by Gasteiger charge is -2.21. The fourth-order valence-electron chi connectivity index (χ4n) is 2.22. The minimum Gasteiger partial charge on any atom is -0.323 e. The van der Waals surface area contributed by atoms with Gasteiger partial charge in [-0.05, 0) is 37.2 Å². The summed E-state index contributed by atoms with van der Waals surface area (Å²) >= 11 is 3.45. The van der Waals surface area contributed by atoms with Crippen molar-refractivity contribution in [3.63, 3.8) is 0 Å². The van der Waals surface area contributed by atoms with E-state index < -0.39 is 0 Å². The number of aryl methyl sites for hydroxylation is 1. The lowest BCUT2D eigenvalue weighted by Crippen LogP contribution is -2.28. The molecule has 0 fully saturated rings. The number of benzene rings is 2. The van der Waals surface area contributed by atoms with Crippen molar-refractivity contribution in [1.82, 2.24) is 4.90 Å². The highest BCUT2D eigenvalue weighted by Gasteiger charge is 2.09. The highest BCUT2D eigenvalue weighted by atomic mass is 79.9. The molecule has 3 heteroatoms. The Kier molecular flexibility index (Phi) is 5.35. The van der Waals surface area contributed by atoms with Crippen molar-refractivity contribution in [2.45, 2.75) is 19.5 Å². The van der Waals surface area contributed by atoms with E-state index in [1.807, 2.05) is 0 Å². The zero-order valence-electron chi connectivity index (χ0n) is 12.0. The molecule has 2 N–H and O–H groups in total. The Labute approximate surface area is 129 Å². The highest BCUT2D eigenvalue weighted by molar-refractivity contribution is 9.10. The second-order valence-electron chi connectivity index (χ2n) is 5.34. The van der Waals surface area contributed by atoms with Crippen molar-refractivity contribution in [1.29, 1.82) is 0 Å². The van der Waals surface area contributed by atoms with Crippen molar-refractivity contribution in [2.75, 3.05) is 13.6 Å². The molecule has 2 nitrogen and oxygen atoms in total. The van der Waals surface area contributed by atoms with E-state index in [9.17, 15) is 0 Å². The van der Waals surface area contributed by atoms with E-state index >= 15 is 0 Å². The number of rotatable bonds is 5. The maximum Gasteiger partial charge on any atom is 0.0424 e. The first-order chi connectivity index (χ1) is 9.54. The molecule has 0 heterocycles. The minimum atomic E-state index is 0.0519. The van der Waals surface area contributed by atoms with Crippen LogP contribution in [-0.4, -0.2) is 18.5 Å². The molecule has 0 aliphatic rings. The van der Waals surface area contributed by atoms with Crippen LogP contribution in [0.4, 0.5) is 0 Å². The number of likely N-dealkylation sites (N-methyl/N-ethyl adjacent to an activating group) is 1. The van der Waals surface area contributed by atoms with Crippen molar-refractivity contribution < 1.29 is 0 Å². The first-order valence-corrected chi connectivity index (χ1v) is 7.59. The van der Waals surface area contributed by atoms with Crippen molar-refractivity contribution in [3.05, 3.63) is 69.7 Å². The first kappa shape index (κ1) is 15.2. The monoisotopic (exact) mass is 332 g/mol. The van der Waals surface area contributed by atoms with Crippen LogP contribution in [0.25, 0.3) is 0 Å². The van der Waals surface area contributed by atoms with E-state index in [1.54, 1.807) is 0 Å². The van der Waals surface area contributed by atoms with Gasteiger partial charge in [-0.2, -0.15) is 0 Å². The van der Waals surface area contributed by atoms with Gasteiger partial charge in [-0.1, -0.05) is 57.9 Å². The topological polar surface area (TPSA) is 29.3 Å². The summed E-state index contributed by atoms with van der Waals surface area (Å²) in [4.78, 5) is 2.26. The van der Waals surface area contributed by atoms with Gasteiger partial charge in [-0.3, -0.25) is 0 Å². The standard InChI is InChI=1S/C17H21BrN2/c1-13-3-7-15(8-4-13)17(19)12-20(2)11-14-5-9-16(18)10-6-14/h3-10,17H,11-12,19H2,1-2H3. The fourth-order valence-corrected chi connectivity index (χ4v) is 2.49. The summed E-state index contributed by atoms with van der Waals surface area (Å²) in [5.41, 5.74) is 10.0. The van der Waals surface area contributed by atoms with E-state index in [0.29, 0.717) is 0 Å². The molecule has 0 bridgehead atoms. The summed E-state index contributed by atoms with van der Waals surface area (Å²) in [6, 6.07) is 16.9. The molecule has 1 atom stereocenters. The zero-order valence-corrected chi connectivity index (χ0v) is 13.6. The quantitative estimate of drug-likeness (QED) is 0.899. The van der Waals surface area contributed by atoms with Gasteiger partial charge in [-0.15, -0.1) is 0 Å². The molecule has 2 aromatic rings. The second kappa shape index (κ2) is 7.02. The van der Waals surface area contributed by atoms with Gasteiger partial charge in [0.25, 0.3) is 0 Å². The van der Waals surface area contributed by atoms with Gasteiger partial charge < -0.3 is 10.6 Å². The maximum absolute atomic E-state index is 6.27. The summed E-state index contributed by atoms with van der Waals surface area (Å²) in [5, 5.41) is 0. The third-order valence-corrected chi connectivity index (χ3v) is 3.91. The number of nitrogens with two attached hydrogens (primary N) is 1. The second-order valence-corrected chi connectivity index (χ2v) is 6.26. The number of hydrogen-bond acceptors (Lipinski definition) is 2. The van der Waals surface area contributed by atoms with E-state index in [1.165, 1.54) is 16.7 Å². The Morgan fingerprint density at radius 1 is 1.05 bits per heavy atom. The van der Waals surface area contributed by atoms with Crippen LogP contribution < -0.4 is 5.73 Å². The predicted octanol–water partition coefficient (Wildman–Crippen LogP) is 3.89. The van der Waals surface area contributed by atoms with Crippen molar-refractivity contribution in [2.24, 2.45) is 5.73 Å². The van der Waals surface area contributed by atoms with E-state index in [0.717, 1.165) is 17.6 Å². The SMILES string of the molecule is Cc1ccc(C(N)CN(C)Cc2ccc(Br)cc2)cc1. The normalized spacial score (nSPS) is 12.7. The lowest BCUT2D eigenvalue weighted by molar-refractivity contribution is 0.305. The Morgan fingerprint density at radius 3 is 2.25 bits per heavy atom. The van der Waals surface area contributed by atoms with Crippen molar-refractivity contribution in [3.8, 4) is 0 Å². The van der Waals surface area contributed by atoms with Gasteiger partial charge >= 0.3 is 0 Å². The van der Waals surface area contributed by atoms with E-state index in [-0.39, 0.29) is 6.04 Å². The zero-order chi connectivity index (χ0) is 14.5. The smallest absolute Gasteiger partial charge is 0.0424 e. The van der Waals surface area contributed by atoms with Crippen LogP contribution in [0.5, 0.6) is 0 Å². The fraction of sp³-hybridized carbons (Fsp3) is 0.294. The molecule has 0 aliphatic carbocycles. The summed E-state index contributed by atoms with van der Waals surface area (Å²) in [6.07, 6.45) is 0. The van der Waals surface area contributed by atoms with Gasteiger partial charge in [0.05, 0.1) is 0 Å². The molecule has 0 spiro atoms. The Morgan fingerprint density at radius 2 is 1.65 bits per heavy atom. The predicted molar refractivity (Wildman–Crippen MR) is 88.6 cm³/mol. The Balaban J connectivity index is 1.92. The van der Waals surface area contributed by atoms with Crippen LogP contribution in [0.15, 0.2) is 53.0 Å². The molecule has 0 saturated carbocycles. The molecule has 2 aromatic carbocycles. The molecule has 0 amide bonds. The molecule has 0 saturated heterocycles. The third kappa shape index (κ3) is 4.44. The lowest BCUT2D eigenvalue weighted by atomic mass is 10.1. The van der Waals surface area contributed by atoms with Crippen LogP contribution in [0.1, 0.15) is 22.7 Å². The molecule has 0 aromatic heterocycles. The van der Waals surface area contributed by atoms with Crippen LogP contribution in [0.2, 0.25) is 0 Å². The van der Waals surface area contributed by atoms with E-state index in [2.05, 4.69) is 83.3 Å². The van der Waals surface area contributed by atoms with Crippen molar-refractivity contribution >= 4 is 15.9 Å². The average molecular weight is 333 g/mol. The van der Waals surface area contributed by atoms with Crippen LogP contribution >= 0.6 is 15.9 Å². The summed E-state index contributed by atoms with van der Waals surface area (Å²) in [5.74, 6) is 0. The van der Waals surface area contributed by atoms with E-state index in [4.69, 9.17) is 5.73 Å². The largest absolute Gasteiger partial charge is 0.323 e. The van der Waals surface area contributed by atoms with Crippen LogP contribution in [-0.2, 0) is 6.54 Å². The molecule has 106 valence electrons. The summed E-state index contributed by atoms with van der Waals surface area (Å²) in [6.45, 7) is 3.85. The Bertz CT molecular complexity index is 534. The van der Waals surface area contributed by atoms with Crippen LogP contribution in [0.3, 0.4) is 0 Å². The minimum absolute atomic E-state index is 0.0519. The first-order valence-electron chi connectivity index (χ1n) is 6.80. The number of nitrogens with zero attached hydrogens (tertiary/aromatic N) is 1. The molecule has 1 unspecified atom stereocenters. The van der Waals surface area contributed by atoms with Gasteiger partial charge in [0.2, 0.25) is 0 Å². The molecule has 0 aliphatic heterocycles. The maximum atomic E-state index is 6.27. The highest BCUT2D eigenvalue weighted by Crippen LogP contribution is 2.15. The van der Waals surface area contributed by atoms with Gasteiger partial charge in [0, 0.05) is 23.6 Å². The summed E-state index contributed by atoms with van der Waals surface area (Å²) in [7, 11) is 2.11. The van der Waals surface area contributed by atoms with Gasteiger partial charge in [0.15, 0.2) is 0 Å². The Hall–Kier alpha value is -1.16. The molecule has 2 rings (SSSR count). The van der Waals surface area contributed by atoms with Crippen LogP contribution in [0, 0.1) is 6.92 Å². The van der Waals surface area contributed by atoms with Gasteiger partial charge in [0.1, 0.15) is 0 Å². The average Bonchev–Trinajstić information content (AvgIpc) is 2.42. The molecule has 0 radical (unpaired) electrons. The molecular formula is C17H21BrN2. The number of halogens is 1. The number of hydrogen-bond donors (Lipinski definition) is 1. The molecular weight excluding hydrogens is 312 g/mol. The summed E-state index contributed by atoms with van der Waals surface area (Å²) < 4.78 is 1.11. The molecule has 20 heavy (non-hydrogen) atoms.